The second kappa shape index (κ2) is 5.48. The van der Waals surface area contributed by atoms with Crippen molar-refractivity contribution in [2.45, 2.75) is 38.0 Å². The van der Waals surface area contributed by atoms with Gasteiger partial charge in [-0.05, 0) is 48.5 Å². The van der Waals surface area contributed by atoms with Crippen molar-refractivity contribution < 1.29 is 4.79 Å². The molecule has 0 saturated carbocycles. The molecule has 18 heavy (non-hydrogen) atoms. The number of carbonyl (C=O) groups excluding carboxylic acids is 1. The first-order valence-corrected chi connectivity index (χ1v) is 8.18. The van der Waals surface area contributed by atoms with Crippen molar-refractivity contribution in [3.63, 3.8) is 0 Å². The van der Waals surface area contributed by atoms with Crippen LogP contribution in [0.3, 0.4) is 0 Å². The lowest BCUT2D eigenvalue weighted by atomic mass is 9.79. The highest BCUT2D eigenvalue weighted by Gasteiger charge is 2.28. The maximum atomic E-state index is 12.3. The minimum Gasteiger partial charge on any atom is -0.299 e. The molecule has 2 aliphatic rings. The van der Waals surface area contributed by atoms with Crippen LogP contribution in [0.4, 0.5) is 0 Å². The summed E-state index contributed by atoms with van der Waals surface area (Å²) in [5.41, 5.74) is 2.92. The molecule has 0 spiro atoms. The number of carbonyl (C=O) groups is 1. The van der Waals surface area contributed by atoms with E-state index in [9.17, 15) is 4.79 Å². The van der Waals surface area contributed by atoms with Crippen LogP contribution in [-0.4, -0.2) is 17.3 Å². The highest BCUT2D eigenvalue weighted by Crippen LogP contribution is 2.36. The first-order chi connectivity index (χ1) is 8.84. The number of fused-ring (bicyclic) bond motifs is 1. The van der Waals surface area contributed by atoms with Gasteiger partial charge in [0, 0.05) is 18.1 Å². The third-order valence-electron chi connectivity index (χ3n) is 4.33. The van der Waals surface area contributed by atoms with Gasteiger partial charge in [-0.15, -0.1) is 0 Å². The molecule has 0 amide bonds. The topological polar surface area (TPSA) is 17.1 Å². The number of hydrogen-bond donors (Lipinski definition) is 0. The van der Waals surface area contributed by atoms with Crippen molar-refractivity contribution in [1.82, 2.24) is 0 Å². The van der Waals surface area contributed by atoms with E-state index in [4.69, 9.17) is 0 Å². The summed E-state index contributed by atoms with van der Waals surface area (Å²) in [6, 6.07) is 8.71. The minimum absolute atomic E-state index is 0.351. The van der Waals surface area contributed by atoms with Crippen molar-refractivity contribution in [2.24, 2.45) is 5.92 Å². The largest absolute Gasteiger partial charge is 0.299 e. The van der Waals surface area contributed by atoms with Crippen LogP contribution < -0.4 is 0 Å². The van der Waals surface area contributed by atoms with E-state index in [-0.39, 0.29) is 0 Å². The third kappa shape index (κ3) is 2.49. The standard InChI is InChI=1S/C16H20OS/c17-16(14-8-9-18-11-14)10-13-6-3-5-12-4-1-2-7-15(12)13/h1-2,4,7,13-14H,3,5-6,8-11H2. The maximum absolute atomic E-state index is 12.3. The number of Topliss-reactive ketones (excluding diaryl/α,β-unsaturated/α-hetero) is 1. The molecule has 0 bridgehead atoms. The van der Waals surface area contributed by atoms with E-state index < -0.39 is 0 Å². The van der Waals surface area contributed by atoms with E-state index in [1.54, 1.807) is 0 Å². The van der Waals surface area contributed by atoms with Gasteiger partial charge in [0.05, 0.1) is 0 Å². The predicted octanol–water partition coefficient (Wildman–Crippen LogP) is 3.82. The molecule has 1 aromatic carbocycles. The lowest BCUT2D eigenvalue weighted by Crippen LogP contribution is -2.19. The zero-order chi connectivity index (χ0) is 12.4. The first kappa shape index (κ1) is 12.3. The van der Waals surface area contributed by atoms with Gasteiger partial charge in [-0.2, -0.15) is 11.8 Å². The molecule has 3 rings (SSSR count). The van der Waals surface area contributed by atoms with Crippen LogP contribution in [0.2, 0.25) is 0 Å². The Morgan fingerprint density at radius 3 is 3.00 bits per heavy atom. The average Bonchev–Trinajstić information content (AvgIpc) is 2.93. The predicted molar refractivity (Wildman–Crippen MR) is 77.2 cm³/mol. The average molecular weight is 260 g/mol. The van der Waals surface area contributed by atoms with Gasteiger partial charge in [0.1, 0.15) is 5.78 Å². The number of benzene rings is 1. The molecular formula is C16H20OS. The van der Waals surface area contributed by atoms with E-state index in [1.807, 2.05) is 11.8 Å². The van der Waals surface area contributed by atoms with Gasteiger partial charge < -0.3 is 0 Å². The van der Waals surface area contributed by atoms with E-state index in [1.165, 1.54) is 36.1 Å². The van der Waals surface area contributed by atoms with Crippen LogP contribution in [0.25, 0.3) is 0 Å². The lowest BCUT2D eigenvalue weighted by Gasteiger charge is -2.25. The Morgan fingerprint density at radius 2 is 2.17 bits per heavy atom. The van der Waals surface area contributed by atoms with Crippen LogP contribution in [0, 0.1) is 5.92 Å². The van der Waals surface area contributed by atoms with Gasteiger partial charge in [0.2, 0.25) is 0 Å². The van der Waals surface area contributed by atoms with Gasteiger partial charge in [0.15, 0.2) is 0 Å². The Balaban J connectivity index is 1.72. The molecule has 1 fully saturated rings. The molecule has 0 radical (unpaired) electrons. The highest BCUT2D eigenvalue weighted by atomic mass is 32.2. The molecule has 1 heterocycles. The summed E-state index contributed by atoms with van der Waals surface area (Å²) in [4.78, 5) is 12.3. The van der Waals surface area contributed by atoms with Crippen molar-refractivity contribution in [3.05, 3.63) is 35.4 Å². The van der Waals surface area contributed by atoms with Crippen LogP contribution in [-0.2, 0) is 11.2 Å². The van der Waals surface area contributed by atoms with E-state index in [2.05, 4.69) is 24.3 Å². The number of ketones is 1. The molecule has 96 valence electrons. The van der Waals surface area contributed by atoms with Gasteiger partial charge in [-0.1, -0.05) is 24.3 Å². The van der Waals surface area contributed by atoms with Gasteiger partial charge >= 0.3 is 0 Å². The molecule has 2 unspecified atom stereocenters. The quantitative estimate of drug-likeness (QED) is 0.822. The molecule has 2 atom stereocenters. The molecule has 0 N–H and O–H groups in total. The van der Waals surface area contributed by atoms with Crippen molar-refractivity contribution in [1.29, 1.82) is 0 Å². The molecule has 0 aromatic heterocycles. The second-order valence-electron chi connectivity index (χ2n) is 5.52. The number of aryl methyl sites for hydroxylation is 1. The molecule has 1 nitrogen and oxygen atoms in total. The van der Waals surface area contributed by atoms with E-state index >= 15 is 0 Å². The second-order valence-corrected chi connectivity index (χ2v) is 6.67. The monoisotopic (exact) mass is 260 g/mol. The smallest absolute Gasteiger partial charge is 0.137 e. The summed E-state index contributed by atoms with van der Waals surface area (Å²) in [5.74, 6) is 3.60. The van der Waals surface area contributed by atoms with Crippen molar-refractivity contribution >= 4 is 17.5 Å². The summed E-state index contributed by atoms with van der Waals surface area (Å²) >= 11 is 1.94. The fourth-order valence-electron chi connectivity index (χ4n) is 3.26. The van der Waals surface area contributed by atoms with Gasteiger partial charge in [0.25, 0.3) is 0 Å². The summed E-state index contributed by atoms with van der Waals surface area (Å²) in [6.07, 6.45) is 5.53. The lowest BCUT2D eigenvalue weighted by molar-refractivity contribution is -0.122. The Morgan fingerprint density at radius 1 is 1.28 bits per heavy atom. The zero-order valence-corrected chi connectivity index (χ0v) is 11.5. The maximum Gasteiger partial charge on any atom is 0.137 e. The van der Waals surface area contributed by atoms with Crippen molar-refractivity contribution in [2.75, 3.05) is 11.5 Å². The molecule has 1 aliphatic carbocycles. The molecule has 1 aromatic rings. The summed E-state index contributed by atoms with van der Waals surface area (Å²) in [7, 11) is 0. The number of rotatable bonds is 3. The number of thioether (sulfide) groups is 1. The Labute approximate surface area is 113 Å². The third-order valence-corrected chi connectivity index (χ3v) is 5.49. The van der Waals surface area contributed by atoms with E-state index in [0.717, 1.165) is 18.6 Å². The van der Waals surface area contributed by atoms with Crippen LogP contribution in [0.15, 0.2) is 24.3 Å². The van der Waals surface area contributed by atoms with Crippen molar-refractivity contribution in [3.8, 4) is 0 Å². The minimum atomic E-state index is 0.351. The SMILES string of the molecule is O=C(CC1CCCc2ccccc21)C1CCSC1. The van der Waals surface area contributed by atoms with Crippen LogP contribution in [0.5, 0.6) is 0 Å². The summed E-state index contributed by atoms with van der Waals surface area (Å²) in [5, 5.41) is 0. The summed E-state index contributed by atoms with van der Waals surface area (Å²) in [6.45, 7) is 0. The Bertz CT molecular complexity index is 434. The molecule has 2 heteroatoms. The molecule has 1 aliphatic heterocycles. The molecule has 1 saturated heterocycles. The number of hydrogen-bond acceptors (Lipinski definition) is 2. The zero-order valence-electron chi connectivity index (χ0n) is 10.7. The first-order valence-electron chi connectivity index (χ1n) is 7.03. The van der Waals surface area contributed by atoms with E-state index in [0.29, 0.717) is 17.6 Å². The Kier molecular flexibility index (Phi) is 3.74. The van der Waals surface area contributed by atoms with Gasteiger partial charge in [-0.3, -0.25) is 4.79 Å². The van der Waals surface area contributed by atoms with Crippen LogP contribution in [0.1, 0.15) is 42.7 Å². The fraction of sp³-hybridized carbons (Fsp3) is 0.562. The highest BCUT2D eigenvalue weighted by molar-refractivity contribution is 7.99. The fourth-order valence-corrected chi connectivity index (χ4v) is 4.52. The summed E-state index contributed by atoms with van der Waals surface area (Å²) < 4.78 is 0. The van der Waals surface area contributed by atoms with Gasteiger partial charge in [-0.25, -0.2) is 0 Å². The Hall–Kier alpha value is -0.760. The van der Waals surface area contributed by atoms with Crippen LogP contribution >= 0.6 is 11.8 Å². The normalized spacial score (nSPS) is 26.9. The molecular weight excluding hydrogens is 240 g/mol.